The van der Waals surface area contributed by atoms with Crippen molar-refractivity contribution in [2.24, 2.45) is 10.7 Å². The molecule has 0 unspecified atom stereocenters. The van der Waals surface area contributed by atoms with Gasteiger partial charge in [0.05, 0.1) is 10.7 Å². The number of hydrogen-bond donors (Lipinski definition) is 2. The molecule has 13 heavy (non-hydrogen) atoms. The normalized spacial score (nSPS) is 11.5. The van der Waals surface area contributed by atoms with E-state index >= 15 is 0 Å². The fourth-order valence-electron chi connectivity index (χ4n) is 0.801. The number of nitrogens with two attached hydrogens (primary N) is 1. The third-order valence-corrected chi connectivity index (χ3v) is 1.77. The number of para-hydroxylation sites is 1. The second-order valence-corrected chi connectivity index (χ2v) is 2.74. The van der Waals surface area contributed by atoms with Crippen LogP contribution in [0.4, 0.5) is 10.1 Å². The third kappa shape index (κ3) is 2.32. The van der Waals surface area contributed by atoms with Gasteiger partial charge in [-0.1, -0.05) is 17.7 Å². The second-order valence-electron chi connectivity index (χ2n) is 2.33. The monoisotopic (exact) mass is 201 g/mol. The van der Waals surface area contributed by atoms with Gasteiger partial charge >= 0.3 is 0 Å². The molecule has 0 aliphatic carbocycles. The van der Waals surface area contributed by atoms with Gasteiger partial charge in [-0.05, 0) is 12.1 Å². The Kier molecular flexibility index (Phi) is 3.08. The first-order valence-electron chi connectivity index (χ1n) is 3.58. The number of benzene rings is 1. The van der Waals surface area contributed by atoms with Crippen LogP contribution in [0.5, 0.6) is 0 Å². The number of aliphatic imine (C=N–C) groups is 1. The predicted molar refractivity (Wildman–Crippen MR) is 52.6 cm³/mol. The topological polar surface area (TPSA) is 50.4 Å². The molecule has 1 aromatic rings. The first kappa shape index (κ1) is 9.80. The van der Waals surface area contributed by atoms with Crippen LogP contribution in [0.2, 0.25) is 5.02 Å². The van der Waals surface area contributed by atoms with Crippen molar-refractivity contribution in [1.82, 2.24) is 0 Å². The maximum absolute atomic E-state index is 13.1. The summed E-state index contributed by atoms with van der Waals surface area (Å²) in [6, 6.07) is 4.37. The Balaban J connectivity index is 3.00. The van der Waals surface area contributed by atoms with Gasteiger partial charge in [0.15, 0.2) is 5.96 Å². The van der Waals surface area contributed by atoms with Crippen LogP contribution in [0, 0.1) is 5.82 Å². The van der Waals surface area contributed by atoms with Gasteiger partial charge in [-0.2, -0.15) is 0 Å². The molecule has 5 heteroatoms. The fraction of sp³-hybridized carbons (Fsp3) is 0.125. The first-order valence-corrected chi connectivity index (χ1v) is 3.96. The molecule has 1 rings (SSSR count). The highest BCUT2D eigenvalue weighted by molar-refractivity contribution is 6.33. The molecule has 0 saturated carbocycles. The number of nitrogens with one attached hydrogen (secondary N) is 1. The largest absolute Gasteiger partial charge is 0.370 e. The number of anilines is 1. The molecule has 0 saturated heterocycles. The zero-order valence-corrected chi connectivity index (χ0v) is 7.77. The molecule has 0 heterocycles. The molecule has 0 bridgehead atoms. The van der Waals surface area contributed by atoms with Gasteiger partial charge in [-0.25, -0.2) is 4.39 Å². The van der Waals surface area contributed by atoms with E-state index in [1.165, 1.54) is 19.2 Å². The van der Waals surface area contributed by atoms with Crippen LogP contribution in [0.25, 0.3) is 0 Å². The third-order valence-electron chi connectivity index (χ3n) is 1.46. The number of hydrogen-bond acceptors (Lipinski definition) is 1. The van der Waals surface area contributed by atoms with Crippen molar-refractivity contribution in [2.45, 2.75) is 0 Å². The smallest absolute Gasteiger partial charge is 0.192 e. The molecule has 0 fully saturated rings. The van der Waals surface area contributed by atoms with Gasteiger partial charge in [0.25, 0.3) is 0 Å². The lowest BCUT2D eigenvalue weighted by Crippen LogP contribution is -2.22. The highest BCUT2D eigenvalue weighted by Gasteiger charge is 2.06. The van der Waals surface area contributed by atoms with E-state index < -0.39 is 5.82 Å². The van der Waals surface area contributed by atoms with Crippen LogP contribution in [0.15, 0.2) is 23.2 Å². The molecule has 0 atom stereocenters. The Bertz CT molecular complexity index is 318. The Morgan fingerprint density at radius 3 is 2.85 bits per heavy atom. The lowest BCUT2D eigenvalue weighted by Gasteiger charge is -2.07. The molecule has 0 aliphatic rings. The number of rotatable bonds is 1. The summed E-state index contributed by atoms with van der Waals surface area (Å²) < 4.78 is 13.1. The van der Waals surface area contributed by atoms with Crippen LogP contribution in [-0.2, 0) is 0 Å². The highest BCUT2D eigenvalue weighted by atomic mass is 35.5. The van der Waals surface area contributed by atoms with E-state index in [1.807, 2.05) is 0 Å². The lowest BCUT2D eigenvalue weighted by molar-refractivity contribution is 0.632. The van der Waals surface area contributed by atoms with E-state index in [9.17, 15) is 4.39 Å². The van der Waals surface area contributed by atoms with Crippen molar-refractivity contribution >= 4 is 23.2 Å². The average molecular weight is 202 g/mol. The van der Waals surface area contributed by atoms with Gasteiger partial charge < -0.3 is 11.1 Å². The molecule has 0 aliphatic heterocycles. The zero-order valence-electron chi connectivity index (χ0n) is 7.01. The minimum atomic E-state index is -0.459. The van der Waals surface area contributed by atoms with Crippen molar-refractivity contribution < 1.29 is 4.39 Å². The van der Waals surface area contributed by atoms with E-state index in [-0.39, 0.29) is 16.7 Å². The lowest BCUT2D eigenvalue weighted by atomic mass is 10.3. The molecular formula is C8H9ClFN3. The SMILES string of the molecule is CN=C(N)Nc1c(F)cccc1Cl. The molecule has 3 nitrogen and oxygen atoms in total. The molecule has 0 amide bonds. The van der Waals surface area contributed by atoms with Crippen LogP contribution >= 0.6 is 11.6 Å². The van der Waals surface area contributed by atoms with Crippen LogP contribution in [0.1, 0.15) is 0 Å². The molecular weight excluding hydrogens is 193 g/mol. The maximum atomic E-state index is 13.1. The standard InChI is InChI=1S/C8H9ClFN3/c1-12-8(11)13-7-5(9)3-2-4-6(7)10/h2-4H,1H3,(H3,11,12,13). The minimum absolute atomic E-state index is 0.118. The summed E-state index contributed by atoms with van der Waals surface area (Å²) >= 11 is 5.72. The van der Waals surface area contributed by atoms with E-state index in [0.29, 0.717) is 0 Å². The molecule has 0 radical (unpaired) electrons. The summed E-state index contributed by atoms with van der Waals surface area (Å²) in [5.74, 6) is -0.342. The Morgan fingerprint density at radius 2 is 2.31 bits per heavy atom. The van der Waals surface area contributed by atoms with E-state index in [0.717, 1.165) is 0 Å². The molecule has 3 N–H and O–H groups in total. The molecule has 70 valence electrons. The average Bonchev–Trinajstić information content (AvgIpc) is 2.11. The number of guanidine groups is 1. The minimum Gasteiger partial charge on any atom is -0.370 e. The molecule has 0 aromatic heterocycles. The second kappa shape index (κ2) is 4.09. The number of halogens is 2. The van der Waals surface area contributed by atoms with E-state index in [1.54, 1.807) is 6.07 Å². The van der Waals surface area contributed by atoms with Crippen LogP contribution < -0.4 is 11.1 Å². The maximum Gasteiger partial charge on any atom is 0.192 e. The van der Waals surface area contributed by atoms with Gasteiger partial charge in [0, 0.05) is 7.05 Å². The van der Waals surface area contributed by atoms with Gasteiger partial charge in [0.2, 0.25) is 0 Å². The summed E-state index contributed by atoms with van der Waals surface area (Å²) in [5, 5.41) is 2.82. The van der Waals surface area contributed by atoms with E-state index in [4.69, 9.17) is 17.3 Å². The van der Waals surface area contributed by atoms with Gasteiger partial charge in [-0.15, -0.1) is 0 Å². The van der Waals surface area contributed by atoms with E-state index in [2.05, 4.69) is 10.3 Å². The Morgan fingerprint density at radius 1 is 1.62 bits per heavy atom. The Labute approximate surface area is 80.4 Å². The highest BCUT2D eigenvalue weighted by Crippen LogP contribution is 2.23. The molecule has 1 aromatic carbocycles. The van der Waals surface area contributed by atoms with Crippen molar-refractivity contribution in [1.29, 1.82) is 0 Å². The van der Waals surface area contributed by atoms with Gasteiger partial charge in [0.1, 0.15) is 5.82 Å². The summed E-state index contributed by atoms with van der Waals surface area (Å²) in [7, 11) is 1.50. The van der Waals surface area contributed by atoms with Crippen molar-refractivity contribution in [2.75, 3.05) is 12.4 Å². The summed E-state index contributed by atoms with van der Waals surface area (Å²) in [5.41, 5.74) is 5.50. The van der Waals surface area contributed by atoms with Crippen LogP contribution in [-0.4, -0.2) is 13.0 Å². The summed E-state index contributed by atoms with van der Waals surface area (Å²) in [6.07, 6.45) is 0. The number of nitrogens with zero attached hydrogens (tertiary/aromatic N) is 1. The Hall–Kier alpha value is -1.29. The quantitative estimate of drug-likeness (QED) is 0.538. The first-order chi connectivity index (χ1) is 6.15. The fourth-order valence-corrected chi connectivity index (χ4v) is 1.01. The van der Waals surface area contributed by atoms with Gasteiger partial charge in [-0.3, -0.25) is 4.99 Å². The zero-order chi connectivity index (χ0) is 9.84. The van der Waals surface area contributed by atoms with Crippen LogP contribution in [0.3, 0.4) is 0 Å². The predicted octanol–water partition coefficient (Wildman–Crippen LogP) is 1.84. The summed E-state index contributed by atoms with van der Waals surface area (Å²) in [6.45, 7) is 0. The van der Waals surface area contributed by atoms with Crippen molar-refractivity contribution in [3.05, 3.63) is 29.0 Å². The molecule has 0 spiro atoms. The summed E-state index contributed by atoms with van der Waals surface area (Å²) in [4.78, 5) is 3.62. The van der Waals surface area contributed by atoms with Crippen molar-refractivity contribution in [3.63, 3.8) is 0 Å². The van der Waals surface area contributed by atoms with Crippen molar-refractivity contribution in [3.8, 4) is 0 Å².